The number of hydrogen-bond acceptors (Lipinski definition) is 3. The highest BCUT2D eigenvalue weighted by atomic mass is 16.3. The van der Waals surface area contributed by atoms with E-state index in [1.54, 1.807) is 19.3 Å². The molecule has 1 aliphatic heterocycles. The lowest BCUT2D eigenvalue weighted by atomic mass is 9.98. The third-order valence-corrected chi connectivity index (χ3v) is 4.93. The van der Waals surface area contributed by atoms with Gasteiger partial charge in [-0.1, -0.05) is 31.2 Å². The number of nitrogens with one attached hydrogen (secondary N) is 1. The summed E-state index contributed by atoms with van der Waals surface area (Å²) in [5, 5.41) is 3.01. The van der Waals surface area contributed by atoms with Crippen LogP contribution in [0.3, 0.4) is 0 Å². The van der Waals surface area contributed by atoms with E-state index in [1.807, 2.05) is 6.07 Å². The molecule has 0 aliphatic carbocycles. The Morgan fingerprint density at radius 3 is 2.58 bits per heavy atom. The number of benzene rings is 1. The van der Waals surface area contributed by atoms with E-state index in [9.17, 15) is 4.79 Å². The van der Waals surface area contributed by atoms with Gasteiger partial charge in [-0.05, 0) is 56.0 Å². The molecule has 0 spiro atoms. The van der Waals surface area contributed by atoms with Crippen molar-refractivity contribution in [1.29, 1.82) is 0 Å². The standard InChI is InChI=1S/C20H26N2O2/c1-15-7-10-22(11-8-15)14-18-6-4-3-5-17(18)13-21-20(23)19-9-12-24-16(19)2/h3-6,9,12,15H,7-8,10-11,13-14H2,1-2H3,(H,21,23). The monoisotopic (exact) mass is 326 g/mol. The molecular weight excluding hydrogens is 300 g/mol. The molecule has 0 atom stereocenters. The maximum Gasteiger partial charge on any atom is 0.255 e. The molecule has 24 heavy (non-hydrogen) atoms. The number of carbonyl (C=O) groups excluding carboxylic acids is 1. The Bertz CT molecular complexity index is 684. The zero-order valence-electron chi connectivity index (χ0n) is 14.5. The van der Waals surface area contributed by atoms with Crippen LogP contribution in [0.15, 0.2) is 41.0 Å². The van der Waals surface area contributed by atoms with Crippen LogP contribution in [0.4, 0.5) is 0 Å². The van der Waals surface area contributed by atoms with Gasteiger partial charge in [0, 0.05) is 13.1 Å². The second-order valence-electron chi connectivity index (χ2n) is 6.80. The average Bonchev–Trinajstić information content (AvgIpc) is 3.02. The van der Waals surface area contributed by atoms with Crippen molar-refractivity contribution in [2.45, 2.75) is 39.8 Å². The molecule has 1 fully saturated rings. The predicted molar refractivity (Wildman–Crippen MR) is 94.7 cm³/mol. The number of amides is 1. The number of likely N-dealkylation sites (tertiary alicyclic amines) is 1. The number of hydrogen-bond donors (Lipinski definition) is 1. The molecule has 4 nitrogen and oxygen atoms in total. The number of aryl methyl sites for hydroxylation is 1. The first-order chi connectivity index (χ1) is 11.6. The zero-order chi connectivity index (χ0) is 16.9. The minimum Gasteiger partial charge on any atom is -0.469 e. The van der Waals surface area contributed by atoms with Crippen molar-refractivity contribution in [2.75, 3.05) is 13.1 Å². The van der Waals surface area contributed by atoms with E-state index in [1.165, 1.54) is 24.0 Å². The van der Waals surface area contributed by atoms with E-state index < -0.39 is 0 Å². The molecule has 1 aromatic heterocycles. The van der Waals surface area contributed by atoms with E-state index in [4.69, 9.17) is 4.42 Å². The third kappa shape index (κ3) is 4.06. The summed E-state index contributed by atoms with van der Waals surface area (Å²) in [6.45, 7) is 7.97. The van der Waals surface area contributed by atoms with Gasteiger partial charge in [-0.3, -0.25) is 9.69 Å². The van der Waals surface area contributed by atoms with Gasteiger partial charge >= 0.3 is 0 Å². The molecular formula is C20H26N2O2. The maximum absolute atomic E-state index is 12.3. The first-order valence-corrected chi connectivity index (χ1v) is 8.75. The van der Waals surface area contributed by atoms with Crippen molar-refractivity contribution in [3.8, 4) is 0 Å². The highest BCUT2D eigenvalue weighted by molar-refractivity contribution is 5.94. The molecule has 1 aromatic carbocycles. The summed E-state index contributed by atoms with van der Waals surface area (Å²) in [6.07, 6.45) is 4.10. The number of rotatable bonds is 5. The lowest BCUT2D eigenvalue weighted by Crippen LogP contribution is -2.33. The third-order valence-electron chi connectivity index (χ3n) is 4.93. The van der Waals surface area contributed by atoms with Crippen LogP contribution in [0.2, 0.25) is 0 Å². The average molecular weight is 326 g/mol. The fraction of sp³-hybridized carbons (Fsp3) is 0.450. The molecule has 0 radical (unpaired) electrons. The summed E-state index contributed by atoms with van der Waals surface area (Å²) in [4.78, 5) is 14.8. The van der Waals surface area contributed by atoms with Crippen molar-refractivity contribution in [3.05, 3.63) is 59.0 Å². The second-order valence-corrected chi connectivity index (χ2v) is 6.80. The quantitative estimate of drug-likeness (QED) is 0.910. The van der Waals surface area contributed by atoms with Gasteiger partial charge in [-0.2, -0.15) is 0 Å². The molecule has 128 valence electrons. The fourth-order valence-corrected chi connectivity index (χ4v) is 3.24. The van der Waals surface area contributed by atoms with Crippen molar-refractivity contribution in [1.82, 2.24) is 10.2 Å². The van der Waals surface area contributed by atoms with Gasteiger partial charge in [0.15, 0.2) is 0 Å². The Labute approximate surface area is 143 Å². The van der Waals surface area contributed by atoms with Crippen LogP contribution in [0, 0.1) is 12.8 Å². The lowest BCUT2D eigenvalue weighted by Gasteiger charge is -2.30. The van der Waals surface area contributed by atoms with Gasteiger partial charge in [0.1, 0.15) is 5.76 Å². The summed E-state index contributed by atoms with van der Waals surface area (Å²) < 4.78 is 5.20. The van der Waals surface area contributed by atoms with Crippen LogP contribution in [-0.2, 0) is 13.1 Å². The number of carbonyl (C=O) groups is 1. The fourth-order valence-electron chi connectivity index (χ4n) is 3.24. The minimum absolute atomic E-state index is 0.0807. The van der Waals surface area contributed by atoms with Gasteiger partial charge < -0.3 is 9.73 Å². The maximum atomic E-state index is 12.3. The number of nitrogens with zero attached hydrogens (tertiary/aromatic N) is 1. The molecule has 1 aliphatic rings. The summed E-state index contributed by atoms with van der Waals surface area (Å²) >= 11 is 0. The smallest absolute Gasteiger partial charge is 0.255 e. The van der Waals surface area contributed by atoms with Crippen molar-refractivity contribution >= 4 is 5.91 Å². The SMILES string of the molecule is Cc1occc1C(=O)NCc1ccccc1CN1CCC(C)CC1. The van der Waals surface area contributed by atoms with Crippen molar-refractivity contribution in [3.63, 3.8) is 0 Å². The summed E-state index contributed by atoms with van der Waals surface area (Å²) in [6, 6.07) is 10.1. The normalized spacial score (nSPS) is 16.2. The van der Waals surface area contributed by atoms with Crippen LogP contribution in [-0.4, -0.2) is 23.9 Å². The highest BCUT2D eigenvalue weighted by Gasteiger charge is 2.17. The van der Waals surface area contributed by atoms with Gasteiger partial charge in [0.2, 0.25) is 0 Å². The summed E-state index contributed by atoms with van der Waals surface area (Å²) in [5.74, 6) is 1.42. The summed E-state index contributed by atoms with van der Waals surface area (Å²) in [5.41, 5.74) is 3.10. The molecule has 0 unspecified atom stereocenters. The van der Waals surface area contributed by atoms with Crippen molar-refractivity contribution in [2.24, 2.45) is 5.92 Å². The Morgan fingerprint density at radius 1 is 1.21 bits per heavy atom. The zero-order valence-corrected chi connectivity index (χ0v) is 14.5. The largest absolute Gasteiger partial charge is 0.469 e. The van der Waals surface area contributed by atoms with Gasteiger partial charge in [0.05, 0.1) is 11.8 Å². The molecule has 1 N–H and O–H groups in total. The lowest BCUT2D eigenvalue weighted by molar-refractivity contribution is 0.0949. The molecule has 4 heteroatoms. The van der Waals surface area contributed by atoms with Crippen LogP contribution in [0.5, 0.6) is 0 Å². The molecule has 3 rings (SSSR count). The van der Waals surface area contributed by atoms with Gasteiger partial charge in [-0.25, -0.2) is 0 Å². The first-order valence-electron chi connectivity index (χ1n) is 8.75. The Morgan fingerprint density at radius 2 is 1.92 bits per heavy atom. The van der Waals surface area contributed by atoms with E-state index in [0.29, 0.717) is 17.9 Å². The minimum atomic E-state index is -0.0807. The molecule has 0 bridgehead atoms. The number of furan rings is 1. The van der Waals surface area contributed by atoms with E-state index in [0.717, 1.165) is 25.6 Å². The van der Waals surface area contributed by atoms with Gasteiger partial charge in [0.25, 0.3) is 5.91 Å². The molecule has 1 saturated heterocycles. The van der Waals surface area contributed by atoms with Crippen LogP contribution in [0.25, 0.3) is 0 Å². The van der Waals surface area contributed by atoms with Crippen molar-refractivity contribution < 1.29 is 9.21 Å². The van der Waals surface area contributed by atoms with E-state index >= 15 is 0 Å². The van der Waals surface area contributed by atoms with E-state index in [-0.39, 0.29) is 5.91 Å². The highest BCUT2D eigenvalue weighted by Crippen LogP contribution is 2.20. The van der Waals surface area contributed by atoms with Crippen LogP contribution in [0.1, 0.15) is 47.0 Å². The topological polar surface area (TPSA) is 45.5 Å². The Kier molecular flexibility index (Phi) is 5.36. The van der Waals surface area contributed by atoms with E-state index in [2.05, 4.69) is 35.3 Å². The molecule has 0 saturated carbocycles. The Balaban J connectivity index is 1.62. The summed E-state index contributed by atoms with van der Waals surface area (Å²) in [7, 11) is 0. The Hall–Kier alpha value is -2.07. The first kappa shape index (κ1) is 16.8. The molecule has 1 amide bonds. The molecule has 2 heterocycles. The van der Waals surface area contributed by atoms with Crippen LogP contribution < -0.4 is 5.32 Å². The number of piperidine rings is 1. The molecule has 2 aromatic rings. The van der Waals surface area contributed by atoms with Crippen LogP contribution >= 0.6 is 0 Å². The van der Waals surface area contributed by atoms with Gasteiger partial charge in [-0.15, -0.1) is 0 Å². The second kappa shape index (κ2) is 7.67. The predicted octanol–water partition coefficient (Wildman–Crippen LogP) is 3.75.